The molecule has 3 rings (SSSR count). The van der Waals surface area contributed by atoms with E-state index in [1.807, 2.05) is 18.2 Å². The zero-order chi connectivity index (χ0) is 12.9. The second-order valence-electron chi connectivity index (χ2n) is 3.71. The molecule has 0 fully saturated rings. The van der Waals surface area contributed by atoms with E-state index in [9.17, 15) is 0 Å². The molecule has 3 N–H and O–H groups in total. The van der Waals surface area contributed by atoms with E-state index >= 15 is 0 Å². The molecule has 92 valence electrons. The van der Waals surface area contributed by atoms with Crippen LogP contribution in [0.2, 0.25) is 0 Å². The van der Waals surface area contributed by atoms with Crippen LogP contribution >= 0.6 is 59.1 Å². The van der Waals surface area contributed by atoms with E-state index in [1.54, 1.807) is 11.3 Å². The number of nitrogens with two attached hydrogens (primary N) is 1. The summed E-state index contributed by atoms with van der Waals surface area (Å²) in [6.45, 7) is 0. The van der Waals surface area contributed by atoms with Gasteiger partial charge in [0.15, 0.2) is 0 Å². The van der Waals surface area contributed by atoms with E-state index in [4.69, 9.17) is 5.73 Å². The van der Waals surface area contributed by atoms with Gasteiger partial charge in [-0.05, 0) is 50.1 Å². The van der Waals surface area contributed by atoms with Gasteiger partial charge in [-0.2, -0.15) is 0 Å². The second-order valence-corrected chi connectivity index (χ2v) is 7.85. The summed E-state index contributed by atoms with van der Waals surface area (Å²) in [6, 6.07) is 5.85. The van der Waals surface area contributed by atoms with Crippen molar-refractivity contribution in [2.75, 3.05) is 5.73 Å². The van der Waals surface area contributed by atoms with Crippen molar-refractivity contribution in [2.24, 2.45) is 0 Å². The topological polar surface area (TPSA) is 54.7 Å². The Morgan fingerprint density at radius 3 is 2.61 bits per heavy atom. The van der Waals surface area contributed by atoms with Crippen LogP contribution in [0.1, 0.15) is 0 Å². The van der Waals surface area contributed by atoms with Crippen molar-refractivity contribution in [3.05, 3.63) is 30.9 Å². The average Bonchev–Trinajstić information content (AvgIpc) is 2.84. The third-order valence-electron chi connectivity index (χ3n) is 2.46. The number of fused-ring (bicyclic) bond motifs is 1. The van der Waals surface area contributed by atoms with Gasteiger partial charge in [-0.25, -0.2) is 4.98 Å². The van der Waals surface area contributed by atoms with Crippen LogP contribution in [0.3, 0.4) is 0 Å². The fraction of sp³-hybridized carbons (Fsp3) is 0. The molecule has 0 spiro atoms. The number of anilines is 1. The first-order valence-electron chi connectivity index (χ1n) is 4.94. The third-order valence-corrected chi connectivity index (χ3v) is 6.18. The standard InChI is InChI=1S/C11H6Br3N3S/c12-4-1-6(15)9-7(2-4)16-11(17-9)8-3-5(13)10(14)18-8/h1-3H,15H2,(H,16,17). The molecule has 3 aromatic rings. The predicted molar refractivity (Wildman–Crippen MR) is 86.9 cm³/mol. The normalized spacial score (nSPS) is 11.3. The number of benzene rings is 1. The quantitative estimate of drug-likeness (QED) is 0.502. The molecule has 0 unspecified atom stereocenters. The van der Waals surface area contributed by atoms with Gasteiger partial charge in [-0.1, -0.05) is 15.9 Å². The molecular formula is C11H6Br3N3S. The molecule has 0 aliphatic heterocycles. The number of nitrogen functional groups attached to an aromatic ring is 1. The van der Waals surface area contributed by atoms with Gasteiger partial charge in [0.25, 0.3) is 0 Å². The van der Waals surface area contributed by atoms with Gasteiger partial charge >= 0.3 is 0 Å². The molecule has 0 atom stereocenters. The van der Waals surface area contributed by atoms with Gasteiger partial charge < -0.3 is 10.7 Å². The van der Waals surface area contributed by atoms with Gasteiger partial charge in [0.1, 0.15) is 11.3 Å². The lowest BCUT2D eigenvalue weighted by Crippen LogP contribution is -1.86. The van der Waals surface area contributed by atoms with Gasteiger partial charge in [0, 0.05) is 8.95 Å². The highest BCUT2D eigenvalue weighted by Crippen LogP contribution is 2.38. The zero-order valence-electron chi connectivity index (χ0n) is 8.80. The SMILES string of the molecule is Nc1cc(Br)cc2[nH]c(-c3cc(Br)c(Br)s3)nc12. The summed E-state index contributed by atoms with van der Waals surface area (Å²) in [4.78, 5) is 8.88. The van der Waals surface area contributed by atoms with Crippen molar-refractivity contribution in [1.29, 1.82) is 0 Å². The maximum Gasteiger partial charge on any atom is 0.148 e. The van der Waals surface area contributed by atoms with Crippen molar-refractivity contribution in [3.63, 3.8) is 0 Å². The molecule has 0 aliphatic carbocycles. The number of thiophene rings is 1. The first-order chi connectivity index (χ1) is 8.54. The average molecular weight is 452 g/mol. The fourth-order valence-corrected chi connectivity index (χ4v) is 4.14. The van der Waals surface area contributed by atoms with Crippen LogP contribution in [0.15, 0.2) is 30.9 Å². The van der Waals surface area contributed by atoms with E-state index in [1.165, 1.54) is 0 Å². The largest absolute Gasteiger partial charge is 0.397 e. The Balaban J connectivity index is 2.22. The maximum absolute atomic E-state index is 5.96. The first-order valence-corrected chi connectivity index (χ1v) is 8.14. The highest BCUT2D eigenvalue weighted by Gasteiger charge is 2.12. The smallest absolute Gasteiger partial charge is 0.148 e. The van der Waals surface area contributed by atoms with Crippen LogP contribution in [0.25, 0.3) is 21.7 Å². The maximum atomic E-state index is 5.96. The molecule has 0 bridgehead atoms. The molecule has 0 aliphatic rings. The molecule has 1 aromatic carbocycles. The summed E-state index contributed by atoms with van der Waals surface area (Å²) in [5, 5.41) is 0. The lowest BCUT2D eigenvalue weighted by atomic mass is 10.3. The minimum Gasteiger partial charge on any atom is -0.397 e. The lowest BCUT2D eigenvalue weighted by molar-refractivity contribution is 1.36. The van der Waals surface area contributed by atoms with Crippen LogP contribution in [0.4, 0.5) is 5.69 Å². The Hall–Kier alpha value is -0.370. The highest BCUT2D eigenvalue weighted by atomic mass is 79.9. The molecule has 0 amide bonds. The lowest BCUT2D eigenvalue weighted by Gasteiger charge is -1.94. The van der Waals surface area contributed by atoms with Crippen molar-refractivity contribution < 1.29 is 0 Å². The van der Waals surface area contributed by atoms with Crippen LogP contribution in [-0.4, -0.2) is 9.97 Å². The number of hydrogen-bond acceptors (Lipinski definition) is 3. The van der Waals surface area contributed by atoms with Crippen molar-refractivity contribution >= 4 is 75.8 Å². The Kier molecular flexibility index (Phi) is 3.25. The number of rotatable bonds is 1. The number of aromatic nitrogens is 2. The molecule has 0 saturated heterocycles. The van der Waals surface area contributed by atoms with Gasteiger partial charge in [-0.3, -0.25) is 0 Å². The number of hydrogen-bond donors (Lipinski definition) is 2. The van der Waals surface area contributed by atoms with E-state index in [0.717, 1.165) is 34.5 Å². The van der Waals surface area contributed by atoms with Crippen molar-refractivity contribution in [1.82, 2.24) is 9.97 Å². The molecular weight excluding hydrogens is 446 g/mol. The van der Waals surface area contributed by atoms with Crippen LogP contribution in [-0.2, 0) is 0 Å². The molecule has 0 radical (unpaired) electrons. The fourth-order valence-electron chi connectivity index (χ4n) is 1.69. The van der Waals surface area contributed by atoms with E-state index < -0.39 is 0 Å². The Morgan fingerprint density at radius 2 is 1.94 bits per heavy atom. The molecule has 0 saturated carbocycles. The monoisotopic (exact) mass is 449 g/mol. The number of aromatic amines is 1. The molecule has 7 heteroatoms. The van der Waals surface area contributed by atoms with E-state index in [0.29, 0.717) is 5.69 Å². The van der Waals surface area contributed by atoms with Gasteiger partial charge in [0.2, 0.25) is 0 Å². The van der Waals surface area contributed by atoms with Gasteiger partial charge in [0.05, 0.1) is 19.9 Å². The number of imidazole rings is 1. The Bertz CT molecular complexity index is 728. The van der Waals surface area contributed by atoms with Crippen molar-refractivity contribution in [3.8, 4) is 10.7 Å². The number of halogens is 3. The van der Waals surface area contributed by atoms with Gasteiger partial charge in [-0.15, -0.1) is 11.3 Å². The van der Waals surface area contributed by atoms with Crippen LogP contribution in [0.5, 0.6) is 0 Å². The predicted octanol–water partition coefficient (Wildman–Crippen LogP) is 5.16. The summed E-state index contributed by atoms with van der Waals surface area (Å²) < 4.78 is 3.01. The first kappa shape index (κ1) is 12.7. The highest BCUT2D eigenvalue weighted by molar-refractivity contribution is 9.13. The van der Waals surface area contributed by atoms with Crippen LogP contribution < -0.4 is 5.73 Å². The minimum absolute atomic E-state index is 0.663. The van der Waals surface area contributed by atoms with E-state index in [-0.39, 0.29) is 0 Å². The molecule has 18 heavy (non-hydrogen) atoms. The Morgan fingerprint density at radius 1 is 1.17 bits per heavy atom. The molecule has 3 nitrogen and oxygen atoms in total. The van der Waals surface area contributed by atoms with Crippen LogP contribution in [0, 0.1) is 0 Å². The zero-order valence-corrected chi connectivity index (χ0v) is 14.4. The number of H-pyrrole nitrogens is 1. The summed E-state index contributed by atoms with van der Waals surface area (Å²) in [7, 11) is 0. The molecule has 2 aromatic heterocycles. The minimum atomic E-state index is 0.663. The Labute approximate surface area is 132 Å². The third kappa shape index (κ3) is 2.13. The second kappa shape index (κ2) is 4.63. The summed E-state index contributed by atoms with van der Waals surface area (Å²) in [5.41, 5.74) is 8.35. The number of nitrogens with zero attached hydrogens (tertiary/aromatic N) is 1. The summed E-state index contributed by atoms with van der Waals surface area (Å²) in [5.74, 6) is 0.825. The summed E-state index contributed by atoms with van der Waals surface area (Å²) >= 11 is 12.0. The molecule has 2 heterocycles. The number of nitrogens with one attached hydrogen (secondary N) is 1. The summed E-state index contributed by atoms with van der Waals surface area (Å²) in [6.07, 6.45) is 0. The van der Waals surface area contributed by atoms with Crippen molar-refractivity contribution in [2.45, 2.75) is 0 Å². The van der Waals surface area contributed by atoms with E-state index in [2.05, 4.69) is 57.8 Å².